The highest BCUT2D eigenvalue weighted by Crippen LogP contribution is 2.45. The molecule has 0 heterocycles. The second-order valence-electron chi connectivity index (χ2n) is 4.64. The van der Waals surface area contributed by atoms with Crippen LogP contribution in [0.4, 0.5) is 8.78 Å². The van der Waals surface area contributed by atoms with E-state index in [2.05, 4.69) is 22.9 Å². The molecule has 1 aromatic carbocycles. The van der Waals surface area contributed by atoms with Crippen LogP contribution in [0.2, 0.25) is 0 Å². The van der Waals surface area contributed by atoms with Gasteiger partial charge in [-0.2, -0.15) is 0 Å². The highest BCUT2D eigenvalue weighted by Gasteiger charge is 2.31. The number of benzene rings is 1. The Balaban J connectivity index is 2.25. The first-order chi connectivity index (χ1) is 7.59. The Morgan fingerprint density at radius 1 is 1.31 bits per heavy atom. The summed E-state index contributed by atoms with van der Waals surface area (Å²) >= 11 is 3.53. The van der Waals surface area contributed by atoms with Gasteiger partial charge in [0, 0.05) is 10.4 Å². The first-order valence-corrected chi connectivity index (χ1v) is 6.60. The van der Waals surface area contributed by atoms with Crippen molar-refractivity contribution in [1.29, 1.82) is 0 Å². The third-order valence-electron chi connectivity index (χ3n) is 3.56. The fourth-order valence-corrected chi connectivity index (χ4v) is 3.70. The lowest BCUT2D eigenvalue weighted by Crippen LogP contribution is -2.12. The average Bonchev–Trinajstić information content (AvgIpc) is 2.67. The number of rotatable bonds is 2. The van der Waals surface area contributed by atoms with E-state index in [4.69, 9.17) is 0 Å². The maximum atomic E-state index is 13.6. The smallest absolute Gasteiger partial charge is 0.127 e. The zero-order valence-electron chi connectivity index (χ0n) is 9.22. The molecule has 0 nitrogen and oxygen atoms in total. The molecular weight excluding hydrogens is 274 g/mol. The van der Waals surface area contributed by atoms with Crippen molar-refractivity contribution < 1.29 is 8.78 Å². The molecule has 1 aliphatic carbocycles. The van der Waals surface area contributed by atoms with Crippen LogP contribution in [-0.4, -0.2) is 0 Å². The van der Waals surface area contributed by atoms with E-state index < -0.39 is 0 Å². The third kappa shape index (κ3) is 2.29. The second-order valence-corrected chi connectivity index (χ2v) is 5.63. The molecule has 0 aromatic heterocycles. The van der Waals surface area contributed by atoms with Gasteiger partial charge in [-0.3, -0.25) is 0 Å². The normalized spacial score (nSPS) is 27.0. The average molecular weight is 289 g/mol. The van der Waals surface area contributed by atoms with Crippen molar-refractivity contribution in [2.75, 3.05) is 0 Å². The van der Waals surface area contributed by atoms with Crippen LogP contribution in [0.25, 0.3) is 0 Å². The standard InChI is InChI=1S/C13H15BrF2/c1-8-3-2-4-10(8)13(14)11-7-9(15)5-6-12(11)16/h5-8,10,13H,2-4H2,1H3. The maximum absolute atomic E-state index is 13.6. The number of halogens is 3. The zero-order chi connectivity index (χ0) is 11.7. The first-order valence-electron chi connectivity index (χ1n) is 5.68. The van der Waals surface area contributed by atoms with Gasteiger partial charge in [0.1, 0.15) is 11.6 Å². The van der Waals surface area contributed by atoms with E-state index in [0.29, 0.717) is 17.4 Å². The van der Waals surface area contributed by atoms with Crippen molar-refractivity contribution in [1.82, 2.24) is 0 Å². The molecule has 3 unspecified atom stereocenters. The van der Waals surface area contributed by atoms with Crippen molar-refractivity contribution in [3.63, 3.8) is 0 Å². The van der Waals surface area contributed by atoms with Crippen LogP contribution in [-0.2, 0) is 0 Å². The summed E-state index contributed by atoms with van der Waals surface area (Å²) in [7, 11) is 0. The predicted molar refractivity (Wildman–Crippen MR) is 64.5 cm³/mol. The minimum Gasteiger partial charge on any atom is -0.207 e. The molecule has 1 aromatic rings. The van der Waals surface area contributed by atoms with E-state index in [1.807, 2.05) is 0 Å². The van der Waals surface area contributed by atoms with Crippen LogP contribution < -0.4 is 0 Å². The van der Waals surface area contributed by atoms with Gasteiger partial charge in [0.15, 0.2) is 0 Å². The maximum Gasteiger partial charge on any atom is 0.127 e. The fourth-order valence-electron chi connectivity index (χ4n) is 2.57. The van der Waals surface area contributed by atoms with E-state index in [1.165, 1.54) is 25.0 Å². The van der Waals surface area contributed by atoms with Crippen LogP contribution in [0.15, 0.2) is 18.2 Å². The molecule has 0 N–H and O–H groups in total. The van der Waals surface area contributed by atoms with Gasteiger partial charge < -0.3 is 0 Å². The Hall–Kier alpha value is -0.440. The second kappa shape index (κ2) is 4.82. The van der Waals surface area contributed by atoms with E-state index in [-0.39, 0.29) is 16.5 Å². The number of alkyl halides is 1. The Bertz CT molecular complexity index is 378. The summed E-state index contributed by atoms with van der Waals surface area (Å²) in [4.78, 5) is -0.0688. The Morgan fingerprint density at radius 3 is 2.69 bits per heavy atom. The van der Waals surface area contributed by atoms with Gasteiger partial charge in [-0.15, -0.1) is 0 Å². The molecule has 16 heavy (non-hydrogen) atoms. The minimum absolute atomic E-state index is 0.0688. The lowest BCUT2D eigenvalue weighted by atomic mass is 9.90. The summed E-state index contributed by atoms with van der Waals surface area (Å²) < 4.78 is 26.7. The Morgan fingerprint density at radius 2 is 2.06 bits per heavy atom. The van der Waals surface area contributed by atoms with Crippen LogP contribution in [0.3, 0.4) is 0 Å². The van der Waals surface area contributed by atoms with Crippen LogP contribution in [0.1, 0.15) is 36.6 Å². The zero-order valence-corrected chi connectivity index (χ0v) is 10.8. The molecule has 0 aliphatic heterocycles. The molecule has 3 heteroatoms. The van der Waals surface area contributed by atoms with Gasteiger partial charge in [0.05, 0.1) is 0 Å². The molecule has 0 amide bonds. The molecule has 2 rings (SSSR count). The Labute approximate surface area is 103 Å². The van der Waals surface area contributed by atoms with Gasteiger partial charge >= 0.3 is 0 Å². The monoisotopic (exact) mass is 288 g/mol. The SMILES string of the molecule is CC1CCCC1C(Br)c1cc(F)ccc1F. The summed E-state index contributed by atoms with van der Waals surface area (Å²) in [6.45, 7) is 2.18. The molecule has 1 aliphatic rings. The van der Waals surface area contributed by atoms with Gasteiger partial charge in [-0.25, -0.2) is 8.78 Å². The van der Waals surface area contributed by atoms with Gasteiger partial charge in [0.25, 0.3) is 0 Å². The van der Waals surface area contributed by atoms with Crippen LogP contribution in [0, 0.1) is 23.5 Å². The lowest BCUT2D eigenvalue weighted by Gasteiger charge is -2.22. The molecule has 0 bridgehead atoms. The quantitative estimate of drug-likeness (QED) is 0.684. The number of hydrogen-bond donors (Lipinski definition) is 0. The van der Waals surface area contributed by atoms with Crippen molar-refractivity contribution >= 4 is 15.9 Å². The highest BCUT2D eigenvalue weighted by molar-refractivity contribution is 9.09. The van der Waals surface area contributed by atoms with Gasteiger partial charge in [-0.1, -0.05) is 35.7 Å². The molecule has 1 saturated carbocycles. The molecule has 88 valence electrons. The molecule has 1 fully saturated rings. The predicted octanol–water partition coefficient (Wildman–Crippen LogP) is 4.84. The van der Waals surface area contributed by atoms with Crippen LogP contribution >= 0.6 is 15.9 Å². The van der Waals surface area contributed by atoms with Crippen molar-refractivity contribution in [3.05, 3.63) is 35.4 Å². The summed E-state index contributed by atoms with van der Waals surface area (Å²) in [6.07, 6.45) is 3.46. The topological polar surface area (TPSA) is 0 Å². The molecule has 0 radical (unpaired) electrons. The van der Waals surface area contributed by atoms with E-state index >= 15 is 0 Å². The Kier molecular flexibility index (Phi) is 3.63. The first kappa shape index (κ1) is 12.0. The van der Waals surface area contributed by atoms with Crippen LogP contribution in [0.5, 0.6) is 0 Å². The summed E-state index contributed by atoms with van der Waals surface area (Å²) in [5.74, 6) is 0.303. The van der Waals surface area contributed by atoms with E-state index in [9.17, 15) is 8.78 Å². The number of hydrogen-bond acceptors (Lipinski definition) is 0. The molecular formula is C13H15BrF2. The molecule has 0 saturated heterocycles. The minimum atomic E-state index is -0.369. The molecule has 3 atom stereocenters. The summed E-state index contributed by atoms with van der Waals surface area (Å²) in [5.41, 5.74) is 0.457. The van der Waals surface area contributed by atoms with Gasteiger partial charge in [0.2, 0.25) is 0 Å². The summed E-state index contributed by atoms with van der Waals surface area (Å²) in [6, 6.07) is 3.68. The van der Waals surface area contributed by atoms with Crippen molar-refractivity contribution in [2.45, 2.75) is 31.0 Å². The van der Waals surface area contributed by atoms with Gasteiger partial charge in [-0.05, 0) is 36.5 Å². The fraction of sp³-hybridized carbons (Fsp3) is 0.538. The van der Waals surface area contributed by atoms with Crippen molar-refractivity contribution in [3.8, 4) is 0 Å². The molecule has 0 spiro atoms. The van der Waals surface area contributed by atoms with Crippen molar-refractivity contribution in [2.24, 2.45) is 11.8 Å². The third-order valence-corrected chi connectivity index (χ3v) is 4.73. The lowest BCUT2D eigenvalue weighted by molar-refractivity contribution is 0.406. The largest absolute Gasteiger partial charge is 0.207 e. The highest BCUT2D eigenvalue weighted by atomic mass is 79.9. The van der Waals surface area contributed by atoms with E-state index in [1.54, 1.807) is 0 Å². The summed E-state index contributed by atoms with van der Waals surface area (Å²) in [5, 5.41) is 0. The van der Waals surface area contributed by atoms with E-state index in [0.717, 1.165) is 12.5 Å².